The zero-order valence-corrected chi connectivity index (χ0v) is 10.7. The highest BCUT2D eigenvalue weighted by molar-refractivity contribution is 6.17. The van der Waals surface area contributed by atoms with E-state index < -0.39 is 0 Å². The Labute approximate surface area is 99.2 Å². The molecule has 1 nitrogen and oxygen atoms in total. The molecule has 2 aliphatic carbocycles. The van der Waals surface area contributed by atoms with E-state index in [1.54, 1.807) is 6.42 Å². The van der Waals surface area contributed by atoms with Crippen LogP contribution in [0.3, 0.4) is 0 Å². The molecule has 0 N–H and O–H groups in total. The van der Waals surface area contributed by atoms with Gasteiger partial charge in [0.2, 0.25) is 0 Å². The van der Waals surface area contributed by atoms with Gasteiger partial charge in [0.1, 0.15) is 0 Å². The second-order valence-corrected chi connectivity index (χ2v) is 5.97. The Morgan fingerprint density at radius 3 is 2.67 bits per heavy atom. The van der Waals surface area contributed by atoms with Crippen molar-refractivity contribution in [3.05, 3.63) is 0 Å². The molecular formula is C13H24ClN. The lowest BCUT2D eigenvalue weighted by Crippen LogP contribution is -2.29. The van der Waals surface area contributed by atoms with Gasteiger partial charge in [-0.1, -0.05) is 6.42 Å². The lowest BCUT2D eigenvalue weighted by atomic mass is 9.88. The number of fused-ring (bicyclic) bond motifs is 2. The van der Waals surface area contributed by atoms with Crippen LogP contribution in [0.4, 0.5) is 0 Å². The molecule has 0 aromatic rings. The van der Waals surface area contributed by atoms with Crippen molar-refractivity contribution in [1.29, 1.82) is 0 Å². The van der Waals surface area contributed by atoms with Gasteiger partial charge in [-0.3, -0.25) is 0 Å². The van der Waals surface area contributed by atoms with Crippen molar-refractivity contribution in [2.75, 3.05) is 26.0 Å². The summed E-state index contributed by atoms with van der Waals surface area (Å²) in [6.07, 6.45) is 8.54. The van der Waals surface area contributed by atoms with Crippen LogP contribution in [-0.2, 0) is 0 Å². The van der Waals surface area contributed by atoms with Crippen LogP contribution in [0.1, 0.15) is 38.5 Å². The van der Waals surface area contributed by atoms with Gasteiger partial charge in [-0.15, -0.1) is 11.6 Å². The Balaban J connectivity index is 1.64. The molecule has 0 aromatic heterocycles. The summed E-state index contributed by atoms with van der Waals surface area (Å²) >= 11 is 5.69. The third-order valence-electron chi connectivity index (χ3n) is 4.35. The summed E-state index contributed by atoms with van der Waals surface area (Å²) < 4.78 is 0. The summed E-state index contributed by atoms with van der Waals surface area (Å²) in [6, 6.07) is 0. The minimum Gasteiger partial charge on any atom is -0.306 e. The minimum absolute atomic E-state index is 0.821. The molecule has 0 aliphatic heterocycles. The maximum absolute atomic E-state index is 5.69. The van der Waals surface area contributed by atoms with Crippen molar-refractivity contribution in [3.63, 3.8) is 0 Å². The van der Waals surface area contributed by atoms with Crippen LogP contribution in [-0.4, -0.2) is 30.9 Å². The number of rotatable bonds is 6. The van der Waals surface area contributed by atoms with E-state index in [1.807, 2.05) is 0 Å². The van der Waals surface area contributed by atoms with Crippen LogP contribution in [0.25, 0.3) is 0 Å². The Morgan fingerprint density at radius 1 is 1.20 bits per heavy atom. The number of nitrogens with zero attached hydrogens (tertiary/aromatic N) is 1. The maximum Gasteiger partial charge on any atom is 0.0223 e. The first-order chi connectivity index (χ1) is 7.29. The predicted octanol–water partition coefficient (Wildman–Crippen LogP) is 3.37. The molecule has 2 aliphatic rings. The molecule has 2 heteroatoms. The van der Waals surface area contributed by atoms with Crippen molar-refractivity contribution in [3.8, 4) is 0 Å². The summed E-state index contributed by atoms with van der Waals surface area (Å²) in [4.78, 5) is 2.53. The Hall–Kier alpha value is 0.250. The zero-order valence-electron chi connectivity index (χ0n) is 9.92. The molecule has 0 amide bonds. The average Bonchev–Trinajstić information content (AvgIpc) is 2.79. The molecule has 88 valence electrons. The third-order valence-corrected chi connectivity index (χ3v) is 4.62. The first-order valence-electron chi connectivity index (χ1n) is 6.54. The smallest absolute Gasteiger partial charge is 0.0223 e. The van der Waals surface area contributed by atoms with E-state index in [9.17, 15) is 0 Å². The van der Waals surface area contributed by atoms with Crippen LogP contribution < -0.4 is 0 Å². The molecule has 2 saturated carbocycles. The van der Waals surface area contributed by atoms with Crippen molar-refractivity contribution >= 4 is 11.6 Å². The fourth-order valence-corrected chi connectivity index (χ4v) is 3.76. The quantitative estimate of drug-likeness (QED) is 0.499. The molecule has 3 atom stereocenters. The van der Waals surface area contributed by atoms with Crippen molar-refractivity contribution < 1.29 is 0 Å². The average molecular weight is 230 g/mol. The molecule has 2 fully saturated rings. The monoisotopic (exact) mass is 229 g/mol. The molecule has 0 aromatic carbocycles. The van der Waals surface area contributed by atoms with Gasteiger partial charge in [0.25, 0.3) is 0 Å². The topological polar surface area (TPSA) is 3.24 Å². The van der Waals surface area contributed by atoms with E-state index in [0.29, 0.717) is 0 Å². The number of hydrogen-bond acceptors (Lipinski definition) is 1. The van der Waals surface area contributed by atoms with Crippen LogP contribution in [0, 0.1) is 17.8 Å². The summed E-state index contributed by atoms with van der Waals surface area (Å²) in [5.41, 5.74) is 0. The van der Waals surface area contributed by atoms with Gasteiger partial charge in [0.15, 0.2) is 0 Å². The largest absolute Gasteiger partial charge is 0.306 e. The zero-order chi connectivity index (χ0) is 10.7. The van der Waals surface area contributed by atoms with E-state index in [2.05, 4.69) is 11.9 Å². The molecule has 2 bridgehead atoms. The summed E-state index contributed by atoms with van der Waals surface area (Å²) in [5.74, 6) is 4.01. The van der Waals surface area contributed by atoms with Crippen LogP contribution in [0.15, 0.2) is 0 Å². The fraction of sp³-hybridized carbons (Fsp3) is 1.00. The molecule has 0 saturated heterocycles. The molecular weight excluding hydrogens is 206 g/mol. The number of alkyl halides is 1. The molecule has 2 rings (SSSR count). The number of hydrogen-bond donors (Lipinski definition) is 0. The Morgan fingerprint density at radius 2 is 2.07 bits per heavy atom. The summed E-state index contributed by atoms with van der Waals surface area (Å²) in [6.45, 7) is 2.57. The van der Waals surface area contributed by atoms with E-state index in [1.165, 1.54) is 45.2 Å². The fourth-order valence-electron chi connectivity index (χ4n) is 3.57. The van der Waals surface area contributed by atoms with Gasteiger partial charge in [-0.05, 0) is 63.5 Å². The van der Waals surface area contributed by atoms with Crippen LogP contribution >= 0.6 is 11.6 Å². The van der Waals surface area contributed by atoms with E-state index in [0.717, 1.165) is 23.6 Å². The summed E-state index contributed by atoms with van der Waals surface area (Å²) in [7, 11) is 2.28. The van der Waals surface area contributed by atoms with Crippen molar-refractivity contribution in [2.24, 2.45) is 17.8 Å². The van der Waals surface area contributed by atoms with Crippen molar-refractivity contribution in [2.45, 2.75) is 38.5 Å². The second kappa shape index (κ2) is 5.54. The van der Waals surface area contributed by atoms with Crippen LogP contribution in [0.2, 0.25) is 0 Å². The minimum atomic E-state index is 0.821. The highest BCUT2D eigenvalue weighted by Gasteiger charge is 2.39. The third kappa shape index (κ3) is 3.10. The Kier molecular flexibility index (Phi) is 4.33. The predicted molar refractivity (Wildman–Crippen MR) is 66.4 cm³/mol. The lowest BCUT2D eigenvalue weighted by Gasteiger charge is -2.27. The van der Waals surface area contributed by atoms with E-state index in [-0.39, 0.29) is 0 Å². The first-order valence-corrected chi connectivity index (χ1v) is 7.07. The van der Waals surface area contributed by atoms with Gasteiger partial charge < -0.3 is 4.90 Å². The maximum atomic E-state index is 5.69. The second-order valence-electron chi connectivity index (χ2n) is 5.59. The highest BCUT2D eigenvalue weighted by atomic mass is 35.5. The number of unbranched alkanes of at least 4 members (excludes halogenated alkanes) is 1. The highest BCUT2D eigenvalue weighted by Crippen LogP contribution is 2.48. The van der Waals surface area contributed by atoms with Gasteiger partial charge >= 0.3 is 0 Å². The van der Waals surface area contributed by atoms with E-state index >= 15 is 0 Å². The summed E-state index contributed by atoms with van der Waals surface area (Å²) in [5, 5.41) is 0. The van der Waals surface area contributed by atoms with Crippen molar-refractivity contribution in [1.82, 2.24) is 4.90 Å². The normalized spacial score (nSPS) is 34.2. The van der Waals surface area contributed by atoms with E-state index in [4.69, 9.17) is 11.6 Å². The lowest BCUT2D eigenvalue weighted by molar-refractivity contribution is 0.218. The molecule has 0 spiro atoms. The number of halogens is 1. The molecule has 0 heterocycles. The van der Waals surface area contributed by atoms with Crippen LogP contribution in [0.5, 0.6) is 0 Å². The van der Waals surface area contributed by atoms with Gasteiger partial charge in [-0.25, -0.2) is 0 Å². The molecule has 15 heavy (non-hydrogen) atoms. The molecule has 0 radical (unpaired) electrons. The SMILES string of the molecule is CN(CCCCCl)CC1CC2CCC1C2. The first kappa shape index (κ1) is 11.7. The molecule has 3 unspecified atom stereocenters. The van der Waals surface area contributed by atoms with Gasteiger partial charge in [0, 0.05) is 12.4 Å². The van der Waals surface area contributed by atoms with Gasteiger partial charge in [0.05, 0.1) is 0 Å². The van der Waals surface area contributed by atoms with Gasteiger partial charge in [-0.2, -0.15) is 0 Å². The Bertz CT molecular complexity index is 195. The standard InChI is InChI=1S/C13H24ClN/c1-15(7-3-2-6-14)10-13-9-11-4-5-12(13)8-11/h11-13H,2-10H2,1H3.